The van der Waals surface area contributed by atoms with Gasteiger partial charge in [0.1, 0.15) is 0 Å². The van der Waals surface area contributed by atoms with Crippen LogP contribution in [0.25, 0.3) is 0 Å². The molecular formula is C32H49N3O5. The normalized spacial score (nSPS) is 41.5. The quantitative estimate of drug-likeness (QED) is 0.474. The lowest BCUT2D eigenvalue weighted by Gasteiger charge is -2.64. The van der Waals surface area contributed by atoms with Crippen LogP contribution in [-0.4, -0.2) is 77.0 Å². The second-order valence-electron chi connectivity index (χ2n) is 14.2. The van der Waals surface area contributed by atoms with Crippen LogP contribution < -0.4 is 10.9 Å². The summed E-state index contributed by atoms with van der Waals surface area (Å²) in [5.74, 6) is 1.47. The minimum absolute atomic E-state index is 0.107. The van der Waals surface area contributed by atoms with Gasteiger partial charge in [0, 0.05) is 50.2 Å². The highest BCUT2D eigenvalue weighted by atomic mass is 16.4. The molecule has 8 heteroatoms. The maximum atomic E-state index is 12.5. The number of nitrogens with one attached hydrogen (secondary N) is 1. The number of hydrogen-bond acceptors (Lipinski definition) is 6. The summed E-state index contributed by atoms with van der Waals surface area (Å²) in [7, 11) is 0. The highest BCUT2D eigenvalue weighted by molar-refractivity contribution is 5.65. The Balaban J connectivity index is 1.14. The highest BCUT2D eigenvalue weighted by Crippen LogP contribution is 2.70. The summed E-state index contributed by atoms with van der Waals surface area (Å²) in [6, 6.07) is 3.52. The minimum Gasteiger partial charge on any atom is -0.465 e. The predicted molar refractivity (Wildman–Crippen MR) is 153 cm³/mol. The molecule has 5 aliphatic rings. The van der Waals surface area contributed by atoms with E-state index in [-0.39, 0.29) is 34.3 Å². The van der Waals surface area contributed by atoms with Crippen LogP contribution in [0, 0.1) is 28.6 Å². The zero-order valence-corrected chi connectivity index (χ0v) is 24.4. The first-order chi connectivity index (χ1) is 19.2. The number of carboxylic acid groups (broad SMARTS) is 1. The molecule has 1 aromatic heterocycles. The lowest BCUT2D eigenvalue weighted by Crippen LogP contribution is -2.62. The Morgan fingerprint density at radius 3 is 2.60 bits per heavy atom. The molecule has 40 heavy (non-hydrogen) atoms. The largest absolute Gasteiger partial charge is 0.465 e. The molecule has 1 amide bonds. The third-order valence-corrected chi connectivity index (χ3v) is 12.7. The van der Waals surface area contributed by atoms with Crippen LogP contribution in [0.2, 0.25) is 0 Å². The van der Waals surface area contributed by atoms with Gasteiger partial charge in [-0.25, -0.2) is 9.59 Å². The van der Waals surface area contributed by atoms with Crippen LogP contribution in [0.1, 0.15) is 89.5 Å². The second kappa shape index (κ2) is 10.7. The van der Waals surface area contributed by atoms with Crippen molar-refractivity contribution in [3.63, 3.8) is 0 Å². The molecule has 6 rings (SSSR count). The molecule has 8 atom stereocenters. The Morgan fingerprint density at radius 2 is 1.88 bits per heavy atom. The molecule has 8 nitrogen and oxygen atoms in total. The molecular weight excluding hydrogens is 506 g/mol. The highest BCUT2D eigenvalue weighted by Gasteiger charge is 2.67. The molecule has 4 saturated carbocycles. The number of nitrogens with zero attached hydrogens (tertiary/aromatic N) is 2. The Kier molecular flexibility index (Phi) is 7.58. The number of rotatable bonds is 6. The fraction of sp³-hybridized carbons (Fsp3) is 0.812. The Bertz CT molecular complexity index is 1120. The van der Waals surface area contributed by atoms with E-state index in [0.29, 0.717) is 18.4 Å². The van der Waals surface area contributed by atoms with Gasteiger partial charge >= 0.3 is 11.7 Å². The van der Waals surface area contributed by atoms with Crippen molar-refractivity contribution in [2.45, 2.75) is 95.6 Å². The molecule has 1 aromatic rings. The van der Waals surface area contributed by atoms with E-state index in [1.54, 1.807) is 11.2 Å². The number of fused-ring (bicyclic) bond motifs is 5. The smallest absolute Gasteiger partial charge is 0.407 e. The number of piperazine rings is 1. The zero-order chi connectivity index (χ0) is 28.1. The Labute approximate surface area is 238 Å². The van der Waals surface area contributed by atoms with Crippen molar-refractivity contribution in [1.82, 2.24) is 15.1 Å². The van der Waals surface area contributed by atoms with E-state index in [1.807, 2.05) is 6.07 Å². The first kappa shape index (κ1) is 28.2. The van der Waals surface area contributed by atoms with E-state index >= 15 is 0 Å². The van der Waals surface area contributed by atoms with Gasteiger partial charge in [0.25, 0.3) is 0 Å². The third kappa shape index (κ3) is 4.62. The second-order valence-corrected chi connectivity index (χ2v) is 14.2. The van der Waals surface area contributed by atoms with Gasteiger partial charge in [-0.3, -0.25) is 0 Å². The van der Waals surface area contributed by atoms with Crippen molar-refractivity contribution in [2.24, 2.45) is 28.6 Å². The Hall–Kier alpha value is -1.90. The van der Waals surface area contributed by atoms with Gasteiger partial charge in [0.05, 0.1) is 11.9 Å². The topological polar surface area (TPSA) is 106 Å². The molecule has 1 aliphatic heterocycles. The molecule has 0 aromatic carbocycles. The fourth-order valence-corrected chi connectivity index (χ4v) is 10.4. The molecule has 0 spiro atoms. The molecule has 5 fully saturated rings. The molecule has 0 bridgehead atoms. The number of carbonyl (C=O) groups is 1. The monoisotopic (exact) mass is 555 g/mol. The molecule has 3 N–H and O–H groups in total. The van der Waals surface area contributed by atoms with Gasteiger partial charge in [0.2, 0.25) is 0 Å². The molecule has 222 valence electrons. The predicted octanol–water partition coefficient (Wildman–Crippen LogP) is 4.52. The van der Waals surface area contributed by atoms with Gasteiger partial charge in [0.15, 0.2) is 0 Å². The van der Waals surface area contributed by atoms with Crippen LogP contribution in [0.15, 0.2) is 27.6 Å². The summed E-state index contributed by atoms with van der Waals surface area (Å²) in [4.78, 5) is 28.2. The zero-order valence-electron chi connectivity index (χ0n) is 24.4. The van der Waals surface area contributed by atoms with Crippen molar-refractivity contribution >= 4 is 6.09 Å². The lowest BCUT2D eigenvalue weighted by atomic mass is 9.43. The number of aliphatic hydroxyl groups is 1. The van der Waals surface area contributed by atoms with Crippen LogP contribution in [0.3, 0.4) is 0 Å². The lowest BCUT2D eigenvalue weighted by molar-refractivity contribution is -0.203. The first-order valence-electron chi connectivity index (χ1n) is 15.9. The maximum absolute atomic E-state index is 12.5. The molecule has 0 unspecified atom stereocenters. The summed E-state index contributed by atoms with van der Waals surface area (Å²) in [6.07, 6.45) is 10.6. The summed E-state index contributed by atoms with van der Waals surface area (Å²) in [5, 5.41) is 26.0. The Morgan fingerprint density at radius 1 is 1.07 bits per heavy atom. The standard InChI is InChI=1S/C32H49N3O5/c1-30-11-8-24(35(29(37)38)17-3-16-34-18-14-33-15-19-34)20-23(30)5-6-27-26(30)9-12-31(2)25(10-13-32(27,31)39)22-4-7-28(36)40-21-22/h4,7,21,23-27,33,39H,3,5-6,8-20H2,1-2H3,(H,37,38)/t23-,24+,25-,26+,27-,30+,31-,32+/m1/s1. The van der Waals surface area contributed by atoms with Crippen LogP contribution >= 0.6 is 0 Å². The van der Waals surface area contributed by atoms with Gasteiger partial charge in [-0.2, -0.15) is 0 Å². The van der Waals surface area contributed by atoms with E-state index in [2.05, 4.69) is 24.1 Å². The van der Waals surface area contributed by atoms with Gasteiger partial charge in [-0.05, 0) is 111 Å². The number of hydrogen-bond donors (Lipinski definition) is 3. The van der Waals surface area contributed by atoms with E-state index in [0.717, 1.165) is 102 Å². The molecule has 0 radical (unpaired) electrons. The summed E-state index contributed by atoms with van der Waals surface area (Å²) in [6.45, 7) is 10.5. The average molecular weight is 556 g/mol. The third-order valence-electron chi connectivity index (χ3n) is 12.7. The molecule has 2 heterocycles. The summed E-state index contributed by atoms with van der Waals surface area (Å²) >= 11 is 0. The van der Waals surface area contributed by atoms with Crippen molar-refractivity contribution in [3.8, 4) is 0 Å². The van der Waals surface area contributed by atoms with Gasteiger partial charge < -0.3 is 29.7 Å². The van der Waals surface area contributed by atoms with E-state index in [9.17, 15) is 19.8 Å². The minimum atomic E-state index is -0.765. The van der Waals surface area contributed by atoms with Crippen molar-refractivity contribution < 1.29 is 19.4 Å². The molecule has 4 aliphatic carbocycles. The van der Waals surface area contributed by atoms with E-state index in [1.165, 1.54) is 6.07 Å². The van der Waals surface area contributed by atoms with Crippen molar-refractivity contribution in [1.29, 1.82) is 0 Å². The number of amides is 1. The maximum Gasteiger partial charge on any atom is 0.407 e. The van der Waals surface area contributed by atoms with Crippen LogP contribution in [0.5, 0.6) is 0 Å². The van der Waals surface area contributed by atoms with Crippen molar-refractivity contribution in [3.05, 3.63) is 34.4 Å². The van der Waals surface area contributed by atoms with Crippen molar-refractivity contribution in [2.75, 3.05) is 39.3 Å². The molecule has 1 saturated heterocycles. The summed E-state index contributed by atoms with van der Waals surface area (Å²) < 4.78 is 5.24. The van der Waals surface area contributed by atoms with Gasteiger partial charge in [-0.15, -0.1) is 0 Å². The first-order valence-corrected chi connectivity index (χ1v) is 15.9. The summed E-state index contributed by atoms with van der Waals surface area (Å²) in [5.41, 5.74) is -0.0622. The van der Waals surface area contributed by atoms with Crippen LogP contribution in [0.4, 0.5) is 4.79 Å². The van der Waals surface area contributed by atoms with E-state index < -0.39 is 11.7 Å². The fourth-order valence-electron chi connectivity index (χ4n) is 10.4. The SMILES string of the molecule is C[C@]12CC[C@H](N(CCCN3CCNCC3)C(=O)O)C[C@H]1CC[C@@H]1[C@@H]2CC[C@]2(C)[C@@H](c3ccc(=O)oc3)CC[C@]12O. The van der Waals surface area contributed by atoms with Gasteiger partial charge in [-0.1, -0.05) is 13.8 Å². The van der Waals surface area contributed by atoms with E-state index in [4.69, 9.17) is 4.42 Å². The average Bonchev–Trinajstić information content (AvgIpc) is 3.23. The van der Waals surface area contributed by atoms with Crippen LogP contribution in [-0.2, 0) is 0 Å².